The number of nitrogens with zero attached hydrogens (tertiary/aromatic N) is 3. The maximum atomic E-state index is 13.0. The largest absolute Gasteiger partial charge is 0.357 e. The highest BCUT2D eigenvalue weighted by Gasteiger charge is 2.21. The van der Waals surface area contributed by atoms with Crippen molar-refractivity contribution in [3.63, 3.8) is 0 Å². The summed E-state index contributed by atoms with van der Waals surface area (Å²) in [6.45, 7) is 4.48. The first-order valence-corrected chi connectivity index (χ1v) is 15.8. The van der Waals surface area contributed by atoms with Gasteiger partial charge in [-0.15, -0.1) is 11.3 Å². The molecule has 0 saturated carbocycles. The molecule has 4 aromatic rings. The summed E-state index contributed by atoms with van der Waals surface area (Å²) in [5.74, 6) is 0.963. The average Bonchev–Trinajstić information content (AvgIpc) is 3.72. The molecule has 38 heavy (non-hydrogen) atoms. The van der Waals surface area contributed by atoms with Crippen LogP contribution < -0.4 is 9.62 Å². The third kappa shape index (κ3) is 6.17. The van der Waals surface area contributed by atoms with Crippen LogP contribution in [0.5, 0.6) is 0 Å². The van der Waals surface area contributed by atoms with E-state index in [1.54, 1.807) is 23.5 Å². The molecular formula is C29H35N5O2S2. The van der Waals surface area contributed by atoms with Gasteiger partial charge in [-0.2, -0.15) is 5.10 Å². The van der Waals surface area contributed by atoms with Crippen LogP contribution in [0, 0.1) is 0 Å². The van der Waals surface area contributed by atoms with Crippen LogP contribution in [0.2, 0.25) is 0 Å². The molecule has 5 rings (SSSR count). The monoisotopic (exact) mass is 549 g/mol. The Morgan fingerprint density at radius 2 is 1.82 bits per heavy atom. The number of aromatic amines is 1. The number of pyridine rings is 1. The number of benzene rings is 1. The van der Waals surface area contributed by atoms with Crippen LogP contribution in [0.1, 0.15) is 50.2 Å². The Labute approximate surface area is 229 Å². The Kier molecular flexibility index (Phi) is 8.56. The highest BCUT2D eigenvalue weighted by molar-refractivity contribution is 7.89. The Hall–Kier alpha value is -3.01. The fourth-order valence-electron chi connectivity index (χ4n) is 4.93. The van der Waals surface area contributed by atoms with Gasteiger partial charge in [-0.1, -0.05) is 44.0 Å². The van der Waals surface area contributed by atoms with E-state index in [1.165, 1.54) is 31.2 Å². The highest BCUT2D eigenvalue weighted by Crippen LogP contribution is 2.33. The summed E-state index contributed by atoms with van der Waals surface area (Å²) in [5.41, 5.74) is 4.62. The number of aromatic nitrogens is 3. The van der Waals surface area contributed by atoms with Gasteiger partial charge >= 0.3 is 0 Å². The quantitative estimate of drug-likeness (QED) is 0.210. The number of hydrogen-bond donors (Lipinski definition) is 2. The van der Waals surface area contributed by atoms with Crippen molar-refractivity contribution >= 4 is 27.2 Å². The molecule has 200 valence electrons. The minimum absolute atomic E-state index is 0.261. The molecule has 2 N–H and O–H groups in total. The summed E-state index contributed by atoms with van der Waals surface area (Å²) in [7, 11) is -3.62. The molecule has 1 saturated heterocycles. The van der Waals surface area contributed by atoms with Crippen LogP contribution in [0.15, 0.2) is 64.9 Å². The Morgan fingerprint density at radius 3 is 2.55 bits per heavy atom. The van der Waals surface area contributed by atoms with Gasteiger partial charge in [0, 0.05) is 25.2 Å². The van der Waals surface area contributed by atoms with E-state index >= 15 is 0 Å². The third-order valence-electron chi connectivity index (χ3n) is 7.01. The van der Waals surface area contributed by atoms with Gasteiger partial charge in [-0.25, -0.2) is 18.1 Å². The molecule has 1 aromatic carbocycles. The molecule has 0 unspecified atom stereocenters. The molecule has 1 aliphatic rings. The van der Waals surface area contributed by atoms with Gasteiger partial charge in [0.2, 0.25) is 10.0 Å². The summed E-state index contributed by atoms with van der Waals surface area (Å²) in [5, 5.41) is 9.88. The van der Waals surface area contributed by atoms with Crippen molar-refractivity contribution in [2.24, 2.45) is 0 Å². The molecule has 0 atom stereocenters. The lowest BCUT2D eigenvalue weighted by molar-refractivity contribution is 0.581. The lowest BCUT2D eigenvalue weighted by Gasteiger charge is -2.16. The molecule has 7 nitrogen and oxygen atoms in total. The van der Waals surface area contributed by atoms with Crippen molar-refractivity contribution in [1.82, 2.24) is 19.9 Å². The zero-order chi connectivity index (χ0) is 26.4. The normalized spacial score (nSPS) is 13.9. The standard InChI is InChI=1S/C29H35N5O2S2/c1-2-3-4-9-22-13-15-23(16-14-22)38(35,36)30-18-17-24-28(32-33-29(24)26-11-8-21-37-26)25-10-7-12-27(31-25)34-19-5-6-20-34/h7-8,10-16,21,30H,2-6,9,17-20H2,1H3,(H,32,33). The van der Waals surface area contributed by atoms with Crippen LogP contribution in [-0.2, 0) is 22.9 Å². The predicted molar refractivity (Wildman–Crippen MR) is 155 cm³/mol. The van der Waals surface area contributed by atoms with Crippen LogP contribution in [0.25, 0.3) is 22.0 Å². The summed E-state index contributed by atoms with van der Waals surface area (Å²) < 4.78 is 28.9. The van der Waals surface area contributed by atoms with Crippen molar-refractivity contribution in [3.8, 4) is 22.0 Å². The molecular weight excluding hydrogens is 514 g/mol. The number of anilines is 1. The number of thiophene rings is 1. The SMILES string of the molecule is CCCCCc1ccc(S(=O)(=O)NCCc2c(-c3cccc(N4CCCC4)n3)n[nH]c2-c2cccs2)cc1. The highest BCUT2D eigenvalue weighted by atomic mass is 32.2. The van der Waals surface area contributed by atoms with E-state index in [0.29, 0.717) is 11.3 Å². The topological polar surface area (TPSA) is 91.0 Å². The second-order valence-corrected chi connectivity index (χ2v) is 12.4. The second-order valence-electron chi connectivity index (χ2n) is 9.73. The zero-order valence-corrected chi connectivity index (χ0v) is 23.5. The number of unbranched alkanes of at least 4 members (excludes halogenated alkanes) is 2. The third-order valence-corrected chi connectivity index (χ3v) is 9.38. The average molecular weight is 550 g/mol. The molecule has 0 spiro atoms. The van der Waals surface area contributed by atoms with Crippen molar-refractivity contribution in [1.29, 1.82) is 0 Å². The minimum atomic E-state index is -3.62. The summed E-state index contributed by atoms with van der Waals surface area (Å²) in [6.07, 6.45) is 7.31. The number of nitrogens with one attached hydrogen (secondary N) is 2. The van der Waals surface area contributed by atoms with Gasteiger partial charge < -0.3 is 4.90 Å². The van der Waals surface area contributed by atoms with E-state index in [0.717, 1.165) is 59.3 Å². The molecule has 3 aromatic heterocycles. The molecule has 0 amide bonds. The van der Waals surface area contributed by atoms with Crippen molar-refractivity contribution in [2.45, 2.75) is 56.8 Å². The Morgan fingerprint density at radius 1 is 1.00 bits per heavy atom. The first-order valence-electron chi connectivity index (χ1n) is 13.5. The second kappa shape index (κ2) is 12.2. The lowest BCUT2D eigenvalue weighted by atomic mass is 10.1. The van der Waals surface area contributed by atoms with Crippen LogP contribution in [0.4, 0.5) is 5.82 Å². The van der Waals surface area contributed by atoms with Crippen LogP contribution in [-0.4, -0.2) is 43.2 Å². The summed E-state index contributed by atoms with van der Waals surface area (Å²) in [6, 6.07) is 17.4. The number of sulfonamides is 1. The number of hydrogen-bond acceptors (Lipinski definition) is 6. The maximum absolute atomic E-state index is 13.0. The minimum Gasteiger partial charge on any atom is -0.357 e. The van der Waals surface area contributed by atoms with Gasteiger partial charge in [-0.05, 0) is 73.4 Å². The van der Waals surface area contributed by atoms with E-state index in [2.05, 4.69) is 26.7 Å². The van der Waals surface area contributed by atoms with Gasteiger partial charge in [0.1, 0.15) is 11.5 Å². The molecule has 0 radical (unpaired) electrons. The fourth-order valence-corrected chi connectivity index (χ4v) is 6.71. The van der Waals surface area contributed by atoms with Crippen molar-refractivity contribution in [2.75, 3.05) is 24.5 Å². The zero-order valence-electron chi connectivity index (χ0n) is 21.8. The van der Waals surface area contributed by atoms with E-state index in [4.69, 9.17) is 4.98 Å². The first-order chi connectivity index (χ1) is 18.5. The molecule has 1 fully saturated rings. The van der Waals surface area contributed by atoms with Gasteiger partial charge in [-0.3, -0.25) is 5.10 Å². The van der Waals surface area contributed by atoms with E-state index in [1.807, 2.05) is 47.8 Å². The fraction of sp³-hybridized carbons (Fsp3) is 0.379. The van der Waals surface area contributed by atoms with Gasteiger partial charge in [0.05, 0.1) is 21.2 Å². The lowest BCUT2D eigenvalue weighted by Crippen LogP contribution is -2.26. The van der Waals surface area contributed by atoms with Crippen molar-refractivity contribution in [3.05, 3.63) is 71.1 Å². The van der Waals surface area contributed by atoms with E-state index in [9.17, 15) is 8.42 Å². The maximum Gasteiger partial charge on any atom is 0.240 e. The number of aryl methyl sites for hydroxylation is 1. The van der Waals surface area contributed by atoms with E-state index < -0.39 is 10.0 Å². The summed E-state index contributed by atoms with van der Waals surface area (Å²) >= 11 is 1.63. The molecule has 1 aliphatic heterocycles. The molecule has 0 aliphatic carbocycles. The Balaban J connectivity index is 1.33. The van der Waals surface area contributed by atoms with Crippen molar-refractivity contribution < 1.29 is 8.42 Å². The van der Waals surface area contributed by atoms with Gasteiger partial charge in [0.25, 0.3) is 0 Å². The molecule has 9 heteroatoms. The first kappa shape index (κ1) is 26.6. The molecule has 4 heterocycles. The molecule has 0 bridgehead atoms. The predicted octanol–water partition coefficient (Wildman–Crippen LogP) is 6.05. The number of rotatable bonds is 12. The smallest absolute Gasteiger partial charge is 0.240 e. The van der Waals surface area contributed by atoms with Gasteiger partial charge in [0.15, 0.2) is 0 Å². The van der Waals surface area contributed by atoms with Crippen LogP contribution >= 0.6 is 11.3 Å². The van der Waals surface area contributed by atoms with E-state index in [-0.39, 0.29) is 6.54 Å². The summed E-state index contributed by atoms with van der Waals surface area (Å²) in [4.78, 5) is 8.59. The number of H-pyrrole nitrogens is 1. The van der Waals surface area contributed by atoms with Crippen LogP contribution in [0.3, 0.4) is 0 Å². The Bertz CT molecular complexity index is 1420.